The summed E-state index contributed by atoms with van der Waals surface area (Å²) in [4.78, 5) is 0. The highest BCUT2D eigenvalue weighted by Gasteiger charge is 2.22. The molecule has 2 aromatic carbocycles. The number of nitrogens with zero attached hydrogens (tertiary/aromatic N) is 1. The molecule has 0 aliphatic heterocycles. The minimum absolute atomic E-state index is 0.206. The van der Waals surface area contributed by atoms with Crippen LogP contribution in [0.4, 0.5) is 8.78 Å². The van der Waals surface area contributed by atoms with Crippen LogP contribution in [-0.2, 0) is 0 Å². The number of hydrogen-bond acceptors (Lipinski definition) is 1. The fourth-order valence-electron chi connectivity index (χ4n) is 4.26. The summed E-state index contributed by atoms with van der Waals surface area (Å²) in [6.07, 6.45) is 10.4. The molecule has 0 bridgehead atoms. The van der Waals surface area contributed by atoms with Crippen LogP contribution in [0.2, 0.25) is 0 Å². The van der Waals surface area contributed by atoms with Gasteiger partial charge in [0.15, 0.2) is 11.6 Å². The molecule has 27 heavy (non-hydrogen) atoms. The summed E-state index contributed by atoms with van der Waals surface area (Å²) in [5, 5.41) is 8.81. The minimum Gasteiger partial charge on any atom is -0.203 e. The molecule has 1 fully saturated rings. The average molecular weight is 367 g/mol. The lowest BCUT2D eigenvalue weighted by atomic mass is 9.77. The average Bonchev–Trinajstić information content (AvgIpc) is 2.71. The molecule has 0 saturated heterocycles. The second-order valence-corrected chi connectivity index (χ2v) is 7.74. The fourth-order valence-corrected chi connectivity index (χ4v) is 4.26. The second kappa shape index (κ2) is 9.13. The van der Waals surface area contributed by atoms with Crippen LogP contribution < -0.4 is 0 Å². The first kappa shape index (κ1) is 19.5. The summed E-state index contributed by atoms with van der Waals surface area (Å²) < 4.78 is 28.1. The van der Waals surface area contributed by atoms with Crippen molar-refractivity contribution in [1.29, 1.82) is 5.26 Å². The van der Waals surface area contributed by atoms with Crippen molar-refractivity contribution in [3.05, 3.63) is 59.2 Å². The third kappa shape index (κ3) is 4.56. The maximum absolute atomic E-state index is 14.2. The first-order valence-corrected chi connectivity index (χ1v) is 10.1. The molecule has 0 heterocycles. The van der Waals surface area contributed by atoms with Gasteiger partial charge in [0.1, 0.15) is 6.07 Å². The van der Waals surface area contributed by atoms with Gasteiger partial charge in [0.05, 0.1) is 5.56 Å². The quantitative estimate of drug-likeness (QED) is 0.489. The molecule has 1 saturated carbocycles. The van der Waals surface area contributed by atoms with E-state index in [9.17, 15) is 8.78 Å². The third-order valence-corrected chi connectivity index (χ3v) is 5.96. The molecule has 0 radical (unpaired) electrons. The van der Waals surface area contributed by atoms with Crippen molar-refractivity contribution in [3.63, 3.8) is 0 Å². The van der Waals surface area contributed by atoms with Gasteiger partial charge in [0.2, 0.25) is 0 Å². The Morgan fingerprint density at radius 3 is 2.26 bits per heavy atom. The van der Waals surface area contributed by atoms with Crippen molar-refractivity contribution in [3.8, 4) is 17.2 Å². The van der Waals surface area contributed by atoms with Crippen molar-refractivity contribution in [2.45, 2.75) is 64.2 Å². The molecule has 1 aliphatic carbocycles. The Morgan fingerprint density at radius 2 is 1.63 bits per heavy atom. The van der Waals surface area contributed by atoms with Crippen molar-refractivity contribution < 1.29 is 8.78 Å². The molecule has 2 aromatic rings. The maximum Gasteiger partial charge on any atom is 0.177 e. The molecule has 0 aromatic heterocycles. The Bertz CT molecular complexity index is 796. The number of benzene rings is 2. The Balaban J connectivity index is 1.65. The van der Waals surface area contributed by atoms with E-state index in [1.54, 1.807) is 6.07 Å². The molecule has 3 rings (SSSR count). The fraction of sp³-hybridized carbons (Fsp3) is 0.458. The number of halogens is 2. The molecular weight excluding hydrogens is 340 g/mol. The summed E-state index contributed by atoms with van der Waals surface area (Å²) >= 11 is 0. The molecule has 0 amide bonds. The Kier molecular flexibility index (Phi) is 6.61. The van der Waals surface area contributed by atoms with Crippen LogP contribution in [0.1, 0.15) is 75.3 Å². The van der Waals surface area contributed by atoms with E-state index in [2.05, 4.69) is 6.92 Å². The number of nitriles is 1. The van der Waals surface area contributed by atoms with Crippen LogP contribution in [0.3, 0.4) is 0 Å². The summed E-state index contributed by atoms with van der Waals surface area (Å²) in [6.45, 7) is 2.25. The van der Waals surface area contributed by atoms with Crippen LogP contribution in [0.15, 0.2) is 36.4 Å². The monoisotopic (exact) mass is 367 g/mol. The van der Waals surface area contributed by atoms with Gasteiger partial charge in [-0.2, -0.15) is 5.26 Å². The highest BCUT2D eigenvalue weighted by Crippen LogP contribution is 2.38. The second-order valence-electron chi connectivity index (χ2n) is 7.74. The van der Waals surface area contributed by atoms with Gasteiger partial charge in [-0.25, -0.2) is 8.78 Å². The van der Waals surface area contributed by atoms with Crippen LogP contribution in [-0.4, -0.2) is 0 Å². The number of unbranched alkanes of at least 4 members (excludes halogenated alkanes) is 2. The summed E-state index contributed by atoms with van der Waals surface area (Å²) in [6, 6.07) is 12.3. The normalized spacial score (nSPS) is 19.6. The first-order valence-electron chi connectivity index (χ1n) is 10.1. The Hall–Kier alpha value is -2.21. The molecule has 0 N–H and O–H groups in total. The van der Waals surface area contributed by atoms with Gasteiger partial charge in [-0.3, -0.25) is 0 Å². The van der Waals surface area contributed by atoms with Gasteiger partial charge in [-0.15, -0.1) is 0 Å². The van der Waals surface area contributed by atoms with E-state index in [1.165, 1.54) is 69.1 Å². The zero-order valence-electron chi connectivity index (χ0n) is 16.0. The van der Waals surface area contributed by atoms with Crippen LogP contribution in [0, 0.1) is 28.9 Å². The van der Waals surface area contributed by atoms with Crippen LogP contribution in [0.25, 0.3) is 11.1 Å². The SMILES string of the molecule is CCCCC[C@H]1CC[C@H](c2ccc(-c3ccc(C#N)c(F)c3F)cc2)CC1. The van der Waals surface area contributed by atoms with E-state index in [4.69, 9.17) is 5.26 Å². The standard InChI is InChI=1S/C24H27F2N/c1-2-3-4-5-17-6-8-18(9-7-17)19-10-12-20(13-11-19)22-15-14-21(16-27)23(25)24(22)26/h10-15,17-18H,2-9H2,1H3/t17-,18-. The van der Waals surface area contributed by atoms with E-state index < -0.39 is 11.6 Å². The highest BCUT2D eigenvalue weighted by molar-refractivity contribution is 5.65. The minimum atomic E-state index is -1.07. The molecule has 0 unspecified atom stereocenters. The van der Waals surface area contributed by atoms with E-state index in [1.807, 2.05) is 24.3 Å². The van der Waals surface area contributed by atoms with Gasteiger partial charge < -0.3 is 0 Å². The van der Waals surface area contributed by atoms with Crippen LogP contribution >= 0.6 is 0 Å². The predicted molar refractivity (Wildman–Crippen MR) is 105 cm³/mol. The molecule has 3 heteroatoms. The Labute approximate surface area is 161 Å². The van der Waals surface area contributed by atoms with Crippen molar-refractivity contribution in [2.75, 3.05) is 0 Å². The van der Waals surface area contributed by atoms with E-state index in [0.29, 0.717) is 11.5 Å². The van der Waals surface area contributed by atoms with Gasteiger partial charge in [0, 0.05) is 5.56 Å². The number of rotatable bonds is 6. The molecule has 142 valence electrons. The molecular formula is C24H27F2N. The Morgan fingerprint density at radius 1 is 0.926 bits per heavy atom. The lowest BCUT2D eigenvalue weighted by molar-refractivity contribution is 0.303. The maximum atomic E-state index is 14.2. The topological polar surface area (TPSA) is 23.8 Å². The van der Waals surface area contributed by atoms with Gasteiger partial charge >= 0.3 is 0 Å². The molecule has 1 aliphatic rings. The summed E-state index contributed by atoms with van der Waals surface area (Å²) in [5.41, 5.74) is 1.88. The largest absolute Gasteiger partial charge is 0.203 e. The summed E-state index contributed by atoms with van der Waals surface area (Å²) in [5.74, 6) is -0.568. The van der Waals surface area contributed by atoms with E-state index in [-0.39, 0.29) is 11.1 Å². The van der Waals surface area contributed by atoms with Crippen molar-refractivity contribution in [1.82, 2.24) is 0 Å². The van der Waals surface area contributed by atoms with E-state index in [0.717, 1.165) is 5.92 Å². The predicted octanol–water partition coefficient (Wildman–Crippen LogP) is 7.36. The van der Waals surface area contributed by atoms with Crippen molar-refractivity contribution >= 4 is 0 Å². The zero-order chi connectivity index (χ0) is 19.2. The van der Waals surface area contributed by atoms with Gasteiger partial charge in [0.25, 0.3) is 0 Å². The molecule has 1 nitrogen and oxygen atoms in total. The first-order chi connectivity index (χ1) is 13.1. The lowest BCUT2D eigenvalue weighted by Crippen LogP contribution is -2.13. The van der Waals surface area contributed by atoms with E-state index >= 15 is 0 Å². The highest BCUT2D eigenvalue weighted by atomic mass is 19.2. The van der Waals surface area contributed by atoms with Gasteiger partial charge in [-0.1, -0.05) is 56.9 Å². The number of hydrogen-bond donors (Lipinski definition) is 0. The van der Waals surface area contributed by atoms with Crippen molar-refractivity contribution in [2.24, 2.45) is 5.92 Å². The third-order valence-electron chi connectivity index (χ3n) is 5.96. The zero-order valence-corrected chi connectivity index (χ0v) is 16.0. The van der Waals surface area contributed by atoms with Crippen LogP contribution in [0.5, 0.6) is 0 Å². The van der Waals surface area contributed by atoms with Gasteiger partial charge in [-0.05, 0) is 60.8 Å². The molecule has 0 spiro atoms. The summed E-state index contributed by atoms with van der Waals surface area (Å²) in [7, 11) is 0. The molecule has 0 atom stereocenters. The smallest absolute Gasteiger partial charge is 0.177 e. The lowest BCUT2D eigenvalue weighted by Gasteiger charge is -2.29.